The topological polar surface area (TPSA) is 62.5 Å². The fourth-order valence-electron chi connectivity index (χ4n) is 3.15. The van der Waals surface area contributed by atoms with Crippen LogP contribution in [0.3, 0.4) is 0 Å². The first-order chi connectivity index (χ1) is 12.2. The van der Waals surface area contributed by atoms with Crippen molar-refractivity contribution < 1.29 is 13.7 Å². The Morgan fingerprint density at radius 2 is 2.12 bits per heavy atom. The fourth-order valence-corrected chi connectivity index (χ4v) is 3.15. The molecule has 0 spiro atoms. The molecule has 7 heteroatoms. The quantitative estimate of drug-likeness (QED) is 0.852. The number of carbonyl (C=O) groups excluding carboxylic acids is 1. The third-order valence-corrected chi connectivity index (χ3v) is 4.74. The smallest absolute Gasteiger partial charge is 0.324 e. The van der Waals surface area contributed by atoms with E-state index in [0.717, 1.165) is 31.6 Å². The minimum Gasteiger partial charge on any atom is -0.341 e. The summed E-state index contributed by atoms with van der Waals surface area (Å²) in [6.45, 7) is 2.75. The van der Waals surface area contributed by atoms with E-state index < -0.39 is 0 Å². The van der Waals surface area contributed by atoms with Gasteiger partial charge in [-0.3, -0.25) is 4.79 Å². The Morgan fingerprint density at radius 1 is 1.24 bits per heavy atom. The molecule has 2 fully saturated rings. The highest BCUT2D eigenvalue weighted by molar-refractivity contribution is 5.78. The molecule has 1 saturated heterocycles. The van der Waals surface area contributed by atoms with Crippen LogP contribution in [0.2, 0.25) is 0 Å². The molecule has 1 aromatic heterocycles. The summed E-state index contributed by atoms with van der Waals surface area (Å²) >= 11 is 0. The predicted molar refractivity (Wildman–Crippen MR) is 89.8 cm³/mol. The zero-order valence-corrected chi connectivity index (χ0v) is 14.0. The second kappa shape index (κ2) is 6.82. The lowest BCUT2D eigenvalue weighted by molar-refractivity contribution is -0.130. The lowest BCUT2D eigenvalue weighted by atomic mass is 10.1. The summed E-state index contributed by atoms with van der Waals surface area (Å²) in [7, 11) is 0. The van der Waals surface area contributed by atoms with Crippen LogP contribution >= 0.6 is 0 Å². The Morgan fingerprint density at radius 3 is 2.92 bits per heavy atom. The summed E-state index contributed by atoms with van der Waals surface area (Å²) in [4.78, 5) is 20.9. The minimum absolute atomic E-state index is 0.0247. The van der Waals surface area contributed by atoms with Gasteiger partial charge in [0.15, 0.2) is 5.82 Å². The number of amides is 1. The van der Waals surface area contributed by atoms with Crippen molar-refractivity contribution in [3.05, 3.63) is 41.5 Å². The number of halogens is 1. The van der Waals surface area contributed by atoms with Crippen LogP contribution in [0, 0.1) is 5.82 Å². The summed E-state index contributed by atoms with van der Waals surface area (Å²) in [5, 5.41) is 4.06. The van der Waals surface area contributed by atoms with Crippen LogP contribution in [0.1, 0.15) is 36.6 Å². The van der Waals surface area contributed by atoms with Crippen molar-refractivity contribution in [2.24, 2.45) is 0 Å². The lowest BCUT2D eigenvalue weighted by Gasteiger charge is -2.21. The molecule has 0 atom stereocenters. The van der Waals surface area contributed by atoms with Gasteiger partial charge in [-0.2, -0.15) is 4.98 Å². The number of carbonyl (C=O) groups is 1. The number of hydrogen-bond acceptors (Lipinski definition) is 5. The monoisotopic (exact) mass is 344 g/mol. The number of rotatable bonds is 4. The second-order valence-electron chi connectivity index (χ2n) is 6.74. The first-order valence-electron chi connectivity index (χ1n) is 8.80. The fraction of sp³-hybridized carbons (Fsp3) is 0.500. The third-order valence-electron chi connectivity index (χ3n) is 4.74. The van der Waals surface area contributed by atoms with E-state index in [1.54, 1.807) is 12.1 Å². The van der Waals surface area contributed by atoms with Crippen LogP contribution in [0.15, 0.2) is 28.8 Å². The molecule has 0 bridgehead atoms. The molecular weight excluding hydrogens is 323 g/mol. The minimum atomic E-state index is -0.310. The molecule has 2 aliphatic rings. The molecule has 6 nitrogen and oxygen atoms in total. The molecule has 1 saturated carbocycles. The third kappa shape index (κ3) is 3.81. The standard InChI is InChI=1S/C18H21FN4O2/c19-15-4-1-3-13(11-15)12-16(24)22-7-2-8-23(10-9-22)18-20-17(21-25-18)14-5-6-14/h1,3-4,11,14H,2,5-10,12H2. The number of anilines is 1. The molecular formula is C18H21FN4O2. The van der Waals surface area contributed by atoms with Gasteiger partial charge in [-0.05, 0) is 37.0 Å². The number of aromatic nitrogens is 2. The summed E-state index contributed by atoms with van der Waals surface area (Å²) in [5.74, 6) is 0.985. The zero-order valence-electron chi connectivity index (χ0n) is 14.0. The Balaban J connectivity index is 1.36. The van der Waals surface area contributed by atoms with Gasteiger partial charge in [0, 0.05) is 32.1 Å². The van der Waals surface area contributed by atoms with Crippen LogP contribution in [0.5, 0.6) is 0 Å². The Labute approximate surface area is 145 Å². The van der Waals surface area contributed by atoms with E-state index in [1.165, 1.54) is 12.1 Å². The molecule has 2 aromatic rings. The Hall–Kier alpha value is -2.44. The molecule has 1 amide bonds. The lowest BCUT2D eigenvalue weighted by Crippen LogP contribution is -2.36. The van der Waals surface area contributed by atoms with Gasteiger partial charge >= 0.3 is 6.01 Å². The van der Waals surface area contributed by atoms with E-state index >= 15 is 0 Å². The average molecular weight is 344 g/mol. The number of nitrogens with zero attached hydrogens (tertiary/aromatic N) is 4. The van der Waals surface area contributed by atoms with Gasteiger partial charge in [-0.1, -0.05) is 17.3 Å². The van der Waals surface area contributed by atoms with Gasteiger partial charge in [0.1, 0.15) is 5.82 Å². The van der Waals surface area contributed by atoms with Gasteiger partial charge < -0.3 is 14.3 Å². The highest BCUT2D eigenvalue weighted by atomic mass is 19.1. The van der Waals surface area contributed by atoms with Gasteiger partial charge in [-0.15, -0.1) is 0 Å². The summed E-state index contributed by atoms with van der Waals surface area (Å²) in [6, 6.07) is 6.78. The second-order valence-corrected chi connectivity index (χ2v) is 6.74. The Bertz CT molecular complexity index is 759. The highest BCUT2D eigenvalue weighted by Gasteiger charge is 2.30. The van der Waals surface area contributed by atoms with E-state index in [-0.39, 0.29) is 18.1 Å². The van der Waals surface area contributed by atoms with Crippen LogP contribution in [-0.4, -0.2) is 47.1 Å². The van der Waals surface area contributed by atoms with Crippen LogP contribution in [-0.2, 0) is 11.2 Å². The highest BCUT2D eigenvalue weighted by Crippen LogP contribution is 2.38. The van der Waals surface area contributed by atoms with E-state index in [1.807, 2.05) is 9.80 Å². The first kappa shape index (κ1) is 16.1. The maximum absolute atomic E-state index is 13.3. The van der Waals surface area contributed by atoms with Gasteiger partial charge in [0.2, 0.25) is 5.91 Å². The average Bonchev–Trinajstić information content (AvgIpc) is 3.38. The van der Waals surface area contributed by atoms with Crippen molar-refractivity contribution in [2.45, 2.75) is 31.6 Å². The van der Waals surface area contributed by atoms with Crippen LogP contribution < -0.4 is 4.90 Å². The van der Waals surface area contributed by atoms with Gasteiger partial charge in [0.05, 0.1) is 6.42 Å². The van der Waals surface area contributed by atoms with Gasteiger partial charge in [0.25, 0.3) is 0 Å². The first-order valence-corrected chi connectivity index (χ1v) is 8.80. The van der Waals surface area contributed by atoms with E-state index in [2.05, 4.69) is 10.1 Å². The SMILES string of the molecule is O=C(Cc1cccc(F)c1)N1CCCN(c2nc(C3CC3)no2)CC1. The predicted octanol–water partition coefficient (Wildman–Crippen LogP) is 2.37. The van der Waals surface area contributed by atoms with Crippen molar-refractivity contribution >= 4 is 11.9 Å². The molecule has 4 rings (SSSR count). The molecule has 1 aromatic carbocycles. The summed E-state index contributed by atoms with van der Waals surface area (Å²) < 4.78 is 18.7. The molecule has 1 aliphatic heterocycles. The van der Waals surface area contributed by atoms with Crippen LogP contribution in [0.4, 0.5) is 10.4 Å². The van der Waals surface area contributed by atoms with E-state index in [0.29, 0.717) is 37.1 Å². The van der Waals surface area contributed by atoms with Crippen molar-refractivity contribution in [3.63, 3.8) is 0 Å². The summed E-state index contributed by atoms with van der Waals surface area (Å²) in [6.07, 6.45) is 3.35. The van der Waals surface area contributed by atoms with E-state index in [4.69, 9.17) is 4.52 Å². The van der Waals surface area contributed by atoms with Crippen LogP contribution in [0.25, 0.3) is 0 Å². The zero-order chi connectivity index (χ0) is 17.2. The normalized spacial score (nSPS) is 18.3. The number of hydrogen-bond donors (Lipinski definition) is 0. The van der Waals surface area contributed by atoms with Gasteiger partial charge in [-0.25, -0.2) is 4.39 Å². The molecule has 132 valence electrons. The van der Waals surface area contributed by atoms with Crippen molar-refractivity contribution in [3.8, 4) is 0 Å². The van der Waals surface area contributed by atoms with Crippen molar-refractivity contribution in [1.29, 1.82) is 0 Å². The largest absolute Gasteiger partial charge is 0.341 e. The van der Waals surface area contributed by atoms with Crippen molar-refractivity contribution in [2.75, 3.05) is 31.1 Å². The molecule has 2 heterocycles. The molecule has 25 heavy (non-hydrogen) atoms. The Kier molecular flexibility index (Phi) is 4.38. The maximum atomic E-state index is 13.3. The number of benzene rings is 1. The molecule has 0 radical (unpaired) electrons. The van der Waals surface area contributed by atoms with Crippen molar-refractivity contribution in [1.82, 2.24) is 15.0 Å². The maximum Gasteiger partial charge on any atom is 0.324 e. The summed E-state index contributed by atoms with van der Waals surface area (Å²) in [5.41, 5.74) is 0.706. The van der Waals surface area contributed by atoms with E-state index in [9.17, 15) is 9.18 Å². The molecule has 0 N–H and O–H groups in total. The molecule has 1 aliphatic carbocycles. The molecule has 0 unspecified atom stereocenters.